The number of alkyl halides is 6. The predicted octanol–water partition coefficient (Wildman–Crippen LogP) is 8.01. The van der Waals surface area contributed by atoms with E-state index in [1.54, 1.807) is 13.8 Å². The monoisotopic (exact) mass is 762 g/mol. The van der Waals surface area contributed by atoms with Crippen molar-refractivity contribution >= 4 is 0 Å². The van der Waals surface area contributed by atoms with Gasteiger partial charge in [0.1, 0.15) is 32.1 Å². The van der Waals surface area contributed by atoms with Gasteiger partial charge in [0.15, 0.2) is 11.5 Å². The molecule has 3 heterocycles. The molecule has 0 radical (unpaired) electrons. The third-order valence-electron chi connectivity index (χ3n) is 7.55. The van der Waals surface area contributed by atoms with Crippen LogP contribution in [0.25, 0.3) is 0 Å². The molecule has 0 saturated heterocycles. The number of hydrogen-bond donors (Lipinski definition) is 1. The normalized spacial score (nSPS) is 11.1. The number of benzene rings is 2. The number of aryl methyl sites for hydroxylation is 1. The molecule has 0 saturated carbocycles. The van der Waals surface area contributed by atoms with Crippen LogP contribution in [0.1, 0.15) is 49.0 Å². The molecule has 2 aromatic carbocycles. The van der Waals surface area contributed by atoms with E-state index < -0.39 is 42.0 Å². The van der Waals surface area contributed by atoms with Gasteiger partial charge in [0.25, 0.3) is 0 Å². The van der Waals surface area contributed by atoms with Gasteiger partial charge in [-0.2, -0.15) is 26.3 Å². The van der Waals surface area contributed by atoms with E-state index in [9.17, 15) is 45.8 Å². The number of aromatic nitrogens is 2. The van der Waals surface area contributed by atoms with Gasteiger partial charge in [-0.1, -0.05) is 81.4 Å². The molecule has 54 heavy (non-hydrogen) atoms. The number of hydrogen-bond acceptors (Lipinski definition) is 7. The van der Waals surface area contributed by atoms with Crippen molar-refractivity contribution in [3.05, 3.63) is 156 Å². The van der Waals surface area contributed by atoms with Gasteiger partial charge in [0.2, 0.25) is 22.0 Å². The van der Waals surface area contributed by atoms with Crippen molar-refractivity contribution in [2.45, 2.75) is 78.7 Å². The maximum atomic E-state index is 12.6. The first-order valence-electron chi connectivity index (χ1n) is 16.8. The van der Waals surface area contributed by atoms with Crippen LogP contribution in [0.4, 0.5) is 26.3 Å². The first kappa shape index (κ1) is 42.7. The van der Waals surface area contributed by atoms with Crippen LogP contribution in [0, 0.1) is 0 Å². The lowest BCUT2D eigenvalue weighted by Gasteiger charge is -2.17. The molecule has 5 aromatic rings. The van der Waals surface area contributed by atoms with Crippen LogP contribution in [0.15, 0.2) is 116 Å². The molecular weight excluding hydrogens is 722 g/mol. The fraction of sp³-hybridized carbons (Fsp3) is 0.308. The summed E-state index contributed by atoms with van der Waals surface area (Å²) in [5.74, 6) is 0.287. The Bertz CT molecular complexity index is 2090. The highest BCUT2D eigenvalue weighted by atomic mass is 19.4. The Balaban J connectivity index is 0.000000223. The summed E-state index contributed by atoms with van der Waals surface area (Å²) in [4.78, 5) is 34.5. The lowest BCUT2D eigenvalue weighted by atomic mass is 10.2. The zero-order valence-electron chi connectivity index (χ0n) is 29.7. The summed E-state index contributed by atoms with van der Waals surface area (Å²) < 4.78 is 92.3. The molecule has 0 aliphatic rings. The second-order valence-electron chi connectivity index (χ2n) is 11.6. The maximum absolute atomic E-state index is 12.6. The van der Waals surface area contributed by atoms with Gasteiger partial charge in [-0.25, -0.2) is 0 Å². The quantitative estimate of drug-likeness (QED) is 0.136. The van der Waals surface area contributed by atoms with E-state index in [-0.39, 0.29) is 42.0 Å². The van der Waals surface area contributed by atoms with Crippen molar-refractivity contribution in [2.24, 2.45) is 0 Å². The predicted molar refractivity (Wildman–Crippen MR) is 190 cm³/mol. The summed E-state index contributed by atoms with van der Waals surface area (Å²) in [5, 5.41) is 9.27. The molecule has 0 spiro atoms. The number of halogens is 6. The Morgan fingerprint density at radius 2 is 1.04 bits per heavy atom. The summed E-state index contributed by atoms with van der Waals surface area (Å²) in [6.45, 7) is 3.36. The maximum Gasteiger partial charge on any atom is 0.406 e. The smallest absolute Gasteiger partial charge is 0.406 e. The molecular formula is C39H40F6N2O7. The van der Waals surface area contributed by atoms with E-state index >= 15 is 0 Å². The van der Waals surface area contributed by atoms with Crippen LogP contribution < -0.4 is 25.8 Å². The second kappa shape index (κ2) is 19.9. The van der Waals surface area contributed by atoms with Gasteiger partial charge < -0.3 is 28.1 Å². The van der Waals surface area contributed by atoms with Crippen LogP contribution >= 0.6 is 0 Å². The first-order valence-corrected chi connectivity index (χ1v) is 16.8. The summed E-state index contributed by atoms with van der Waals surface area (Å²) in [5.41, 5.74) is 0.911. The summed E-state index contributed by atoms with van der Waals surface area (Å²) in [6.07, 6.45) is -4.05. The molecule has 0 bridgehead atoms. The first-order chi connectivity index (χ1) is 25.6. The van der Waals surface area contributed by atoms with Gasteiger partial charge in [-0.3, -0.25) is 14.4 Å². The summed E-state index contributed by atoms with van der Waals surface area (Å²) in [7, 11) is 0. The van der Waals surface area contributed by atoms with Crippen molar-refractivity contribution in [3.8, 4) is 17.2 Å². The van der Waals surface area contributed by atoms with Gasteiger partial charge in [-0.15, -0.1) is 0 Å². The molecule has 0 unspecified atom stereocenters. The lowest BCUT2D eigenvalue weighted by molar-refractivity contribution is -0.142. The topological polar surface area (TPSA) is 113 Å². The zero-order valence-corrected chi connectivity index (χ0v) is 29.7. The van der Waals surface area contributed by atoms with Crippen molar-refractivity contribution in [2.75, 3.05) is 0 Å². The third kappa shape index (κ3) is 13.4. The Hall–Kier alpha value is -5.73. The molecule has 0 aliphatic carbocycles. The van der Waals surface area contributed by atoms with Crippen molar-refractivity contribution in [3.63, 3.8) is 0 Å². The minimum absolute atomic E-state index is 0.000162. The van der Waals surface area contributed by atoms with Gasteiger partial charge in [0.05, 0.1) is 17.7 Å². The molecule has 0 aliphatic heterocycles. The molecule has 3 aromatic heterocycles. The average molecular weight is 763 g/mol. The lowest BCUT2D eigenvalue weighted by Crippen LogP contribution is -2.23. The van der Waals surface area contributed by atoms with E-state index in [1.165, 1.54) is 12.3 Å². The molecule has 0 fully saturated rings. The van der Waals surface area contributed by atoms with Crippen LogP contribution in [0.3, 0.4) is 0 Å². The molecule has 0 atom stereocenters. The second-order valence-corrected chi connectivity index (χ2v) is 11.6. The molecule has 290 valence electrons. The van der Waals surface area contributed by atoms with Gasteiger partial charge in [-0.05, 0) is 24.0 Å². The molecule has 15 heteroatoms. The van der Waals surface area contributed by atoms with Crippen molar-refractivity contribution < 1.29 is 45.3 Å². The summed E-state index contributed by atoms with van der Waals surface area (Å²) in [6, 6.07) is 22.3. The standard InChI is InChI=1S/C16H16F3NO2.C14H14O3.C9H10F3NO2/c1-2-13-15(22-10-12-6-4-3-5-7-12)14(21)8-9-20(13)11-16(17,18)19;1-2-13-14(12(15)8-9-16-13)17-10-11-6-4-3-5-7-11;1-2-6-8(15)7(14)3-4-13(6)5-9(10,11)12/h3-9H,2,10-11H2,1H3;3-9H,2,10H2,1H3;3-4,15H,2,5H2,1H3. The minimum atomic E-state index is -4.37. The highest BCUT2D eigenvalue weighted by Gasteiger charge is 2.30. The summed E-state index contributed by atoms with van der Waals surface area (Å²) >= 11 is 0. The Labute approximate surface area is 306 Å². The minimum Gasteiger partial charge on any atom is -0.503 e. The van der Waals surface area contributed by atoms with E-state index in [2.05, 4.69) is 0 Å². The highest BCUT2D eigenvalue weighted by Crippen LogP contribution is 2.23. The van der Waals surface area contributed by atoms with E-state index in [0.717, 1.165) is 44.8 Å². The van der Waals surface area contributed by atoms with Crippen molar-refractivity contribution in [1.29, 1.82) is 0 Å². The average Bonchev–Trinajstić information content (AvgIpc) is 3.13. The number of aromatic hydroxyl groups is 1. The van der Waals surface area contributed by atoms with E-state index in [0.29, 0.717) is 24.5 Å². The number of ether oxygens (including phenoxy) is 2. The Kier molecular flexibility index (Phi) is 15.7. The van der Waals surface area contributed by atoms with E-state index in [1.807, 2.05) is 67.6 Å². The Morgan fingerprint density at radius 1 is 0.593 bits per heavy atom. The third-order valence-corrected chi connectivity index (χ3v) is 7.55. The van der Waals surface area contributed by atoms with Gasteiger partial charge >= 0.3 is 12.4 Å². The molecule has 0 amide bonds. The van der Waals surface area contributed by atoms with Crippen LogP contribution in [0.5, 0.6) is 17.2 Å². The van der Waals surface area contributed by atoms with Crippen LogP contribution in [0.2, 0.25) is 0 Å². The zero-order chi connectivity index (χ0) is 39.9. The fourth-order valence-corrected chi connectivity index (χ4v) is 5.07. The molecule has 9 nitrogen and oxygen atoms in total. The highest BCUT2D eigenvalue weighted by molar-refractivity contribution is 5.30. The van der Waals surface area contributed by atoms with E-state index in [4.69, 9.17) is 13.9 Å². The van der Waals surface area contributed by atoms with Crippen LogP contribution in [-0.2, 0) is 45.6 Å². The number of rotatable bonds is 11. The van der Waals surface area contributed by atoms with Crippen LogP contribution in [-0.4, -0.2) is 26.6 Å². The SMILES string of the molecule is CCc1c(O)c(=O)ccn1CC(F)(F)F.CCc1c(OCc2ccccc2)c(=O)ccn1CC(F)(F)F.CCc1occc(=O)c1OCc1ccccc1. The number of nitrogens with zero attached hydrogens (tertiary/aromatic N) is 2. The van der Waals surface area contributed by atoms with Gasteiger partial charge in [0, 0.05) is 37.0 Å². The Morgan fingerprint density at radius 3 is 1.50 bits per heavy atom. The fourth-order valence-electron chi connectivity index (χ4n) is 5.07. The van der Waals surface area contributed by atoms with Crippen molar-refractivity contribution in [1.82, 2.24) is 9.13 Å². The largest absolute Gasteiger partial charge is 0.503 e. The molecule has 1 N–H and O–H groups in total. The number of pyridine rings is 2. The molecule has 5 rings (SSSR count).